The fourth-order valence-corrected chi connectivity index (χ4v) is 8.66. The first kappa shape index (κ1) is 17.1. The Bertz CT molecular complexity index is 815. The third kappa shape index (κ3) is 1.83. The van der Waals surface area contributed by atoms with Gasteiger partial charge in [-0.25, -0.2) is 0 Å². The maximum Gasteiger partial charge on any atom is 0.323 e. The molecule has 4 heteroatoms. The van der Waals surface area contributed by atoms with Gasteiger partial charge in [-0.3, -0.25) is 9.59 Å². The molecule has 28 heavy (non-hydrogen) atoms. The lowest BCUT2D eigenvalue weighted by molar-refractivity contribution is -0.170. The van der Waals surface area contributed by atoms with Crippen molar-refractivity contribution in [3.8, 4) is 0 Å². The third-order valence-electron chi connectivity index (χ3n) is 9.41. The summed E-state index contributed by atoms with van der Waals surface area (Å²) < 4.78 is 10.2. The number of hydrogen-bond donors (Lipinski definition) is 0. The number of benzene rings is 1. The topological polar surface area (TPSA) is 52.6 Å². The molecule has 5 aliphatic carbocycles. The van der Waals surface area contributed by atoms with Crippen LogP contribution >= 0.6 is 0 Å². The first-order valence-corrected chi connectivity index (χ1v) is 10.8. The SMILES string of the molecule is COC(=O)C1(C(=O)OC)C[C@H]2[C@@H](c3ccccc3)[C@@]2(C2[C@@H]3[C@H]4CC[C@H](C4)[C@H]23)C1. The summed E-state index contributed by atoms with van der Waals surface area (Å²) in [5, 5.41) is 0. The Kier molecular flexibility index (Phi) is 3.29. The van der Waals surface area contributed by atoms with Gasteiger partial charge in [-0.2, -0.15) is 0 Å². The van der Waals surface area contributed by atoms with E-state index >= 15 is 0 Å². The summed E-state index contributed by atoms with van der Waals surface area (Å²) in [6.07, 6.45) is 5.38. The van der Waals surface area contributed by atoms with Crippen LogP contribution in [0.3, 0.4) is 0 Å². The molecule has 0 aromatic heterocycles. The van der Waals surface area contributed by atoms with Gasteiger partial charge in [0.25, 0.3) is 0 Å². The summed E-state index contributed by atoms with van der Waals surface area (Å²) in [6, 6.07) is 10.8. The molecule has 0 N–H and O–H groups in total. The van der Waals surface area contributed by atoms with Gasteiger partial charge in [-0.15, -0.1) is 0 Å². The second kappa shape index (κ2) is 5.40. The maximum absolute atomic E-state index is 12.8. The predicted octanol–water partition coefficient (Wildman–Crippen LogP) is 3.80. The van der Waals surface area contributed by atoms with Crippen LogP contribution in [0.2, 0.25) is 0 Å². The molecule has 1 unspecified atom stereocenters. The summed E-state index contributed by atoms with van der Waals surface area (Å²) in [7, 11) is 2.79. The standard InChI is InChI=1S/C24H28O4/c1-27-21(25)23(22(26)28-2)11-16-19(13-6-4-3-5-7-13)24(16,12-23)20-17-14-8-9-15(10-14)18(17)20/h3-7,14-20H,8-12H2,1-2H3/t14-,15+,16-,17+,18-,19+,20?,24+/m0/s1. The van der Waals surface area contributed by atoms with E-state index < -0.39 is 17.4 Å². The minimum Gasteiger partial charge on any atom is -0.468 e. The normalized spacial score (nSPS) is 45.9. The Morgan fingerprint density at radius 3 is 2.14 bits per heavy atom. The Morgan fingerprint density at radius 1 is 0.964 bits per heavy atom. The van der Waals surface area contributed by atoms with E-state index in [1.54, 1.807) is 0 Å². The van der Waals surface area contributed by atoms with Gasteiger partial charge in [0.15, 0.2) is 5.41 Å². The van der Waals surface area contributed by atoms with Crippen molar-refractivity contribution in [2.45, 2.75) is 38.0 Å². The number of methoxy groups -OCH3 is 2. The van der Waals surface area contributed by atoms with E-state index in [1.807, 2.05) is 0 Å². The van der Waals surface area contributed by atoms with E-state index in [0.29, 0.717) is 30.6 Å². The van der Waals surface area contributed by atoms with E-state index in [1.165, 1.54) is 39.0 Å². The summed E-state index contributed by atoms with van der Waals surface area (Å²) in [5.74, 6) is 4.20. The van der Waals surface area contributed by atoms with Crippen LogP contribution in [0.4, 0.5) is 0 Å². The fraction of sp³-hybridized carbons (Fsp3) is 0.667. The number of ether oxygens (including phenoxy) is 2. The lowest BCUT2D eigenvalue weighted by Crippen LogP contribution is -2.41. The molecule has 0 aliphatic heterocycles. The highest BCUT2D eigenvalue weighted by Crippen LogP contribution is 2.89. The van der Waals surface area contributed by atoms with E-state index in [2.05, 4.69) is 30.3 Å². The number of esters is 2. The molecule has 1 aromatic carbocycles. The highest BCUT2D eigenvalue weighted by Gasteiger charge is 2.85. The van der Waals surface area contributed by atoms with Crippen LogP contribution in [-0.4, -0.2) is 26.2 Å². The summed E-state index contributed by atoms with van der Waals surface area (Å²) in [5.41, 5.74) is 0.364. The minimum atomic E-state index is -1.10. The van der Waals surface area contributed by atoms with Crippen molar-refractivity contribution in [2.75, 3.05) is 14.2 Å². The van der Waals surface area contributed by atoms with Crippen molar-refractivity contribution in [3.63, 3.8) is 0 Å². The molecule has 0 saturated heterocycles. The van der Waals surface area contributed by atoms with Crippen molar-refractivity contribution in [2.24, 2.45) is 46.3 Å². The molecule has 1 aromatic rings. The molecule has 6 rings (SSSR count). The smallest absolute Gasteiger partial charge is 0.323 e. The zero-order chi connectivity index (χ0) is 19.3. The third-order valence-corrected chi connectivity index (χ3v) is 9.41. The van der Waals surface area contributed by atoms with Gasteiger partial charge >= 0.3 is 11.9 Å². The fourth-order valence-electron chi connectivity index (χ4n) is 8.66. The van der Waals surface area contributed by atoms with E-state index in [4.69, 9.17) is 9.47 Å². The molecule has 2 bridgehead atoms. The summed E-state index contributed by atoms with van der Waals surface area (Å²) in [4.78, 5) is 25.6. The van der Waals surface area contributed by atoms with Crippen molar-refractivity contribution < 1.29 is 19.1 Å². The minimum absolute atomic E-state index is 0.0837. The average molecular weight is 380 g/mol. The zero-order valence-electron chi connectivity index (χ0n) is 16.6. The van der Waals surface area contributed by atoms with Gasteiger partial charge in [0.1, 0.15) is 0 Å². The second-order valence-electron chi connectivity index (χ2n) is 10.1. The number of hydrogen-bond acceptors (Lipinski definition) is 4. The predicted molar refractivity (Wildman–Crippen MR) is 102 cm³/mol. The molecule has 8 atom stereocenters. The molecule has 4 nitrogen and oxygen atoms in total. The van der Waals surface area contributed by atoms with Gasteiger partial charge in [-0.1, -0.05) is 30.3 Å². The van der Waals surface area contributed by atoms with Crippen LogP contribution < -0.4 is 0 Å². The quantitative estimate of drug-likeness (QED) is 0.589. The number of carbonyl (C=O) groups excluding carboxylic acids is 2. The molecule has 0 radical (unpaired) electrons. The van der Waals surface area contributed by atoms with Crippen molar-refractivity contribution >= 4 is 11.9 Å². The monoisotopic (exact) mass is 380 g/mol. The van der Waals surface area contributed by atoms with Crippen molar-refractivity contribution in [1.82, 2.24) is 0 Å². The molecular formula is C24H28O4. The van der Waals surface area contributed by atoms with Crippen LogP contribution in [0.1, 0.15) is 43.6 Å². The molecule has 0 spiro atoms. The Morgan fingerprint density at radius 2 is 1.57 bits per heavy atom. The van der Waals surface area contributed by atoms with E-state index in [-0.39, 0.29) is 5.41 Å². The van der Waals surface area contributed by atoms with Gasteiger partial charge in [0.2, 0.25) is 0 Å². The molecule has 5 aliphatic rings. The molecular weight excluding hydrogens is 352 g/mol. The van der Waals surface area contributed by atoms with Crippen LogP contribution in [0.15, 0.2) is 30.3 Å². The zero-order valence-corrected chi connectivity index (χ0v) is 16.6. The first-order chi connectivity index (χ1) is 13.6. The van der Waals surface area contributed by atoms with Crippen LogP contribution in [0.25, 0.3) is 0 Å². The van der Waals surface area contributed by atoms with Crippen LogP contribution in [0.5, 0.6) is 0 Å². The lowest BCUT2D eigenvalue weighted by Gasteiger charge is -2.30. The number of rotatable bonds is 4. The van der Waals surface area contributed by atoms with Gasteiger partial charge in [0, 0.05) is 0 Å². The first-order valence-electron chi connectivity index (χ1n) is 10.8. The summed E-state index contributed by atoms with van der Waals surface area (Å²) >= 11 is 0. The molecule has 0 amide bonds. The molecule has 5 fully saturated rings. The second-order valence-corrected chi connectivity index (χ2v) is 10.1. The van der Waals surface area contributed by atoms with Crippen LogP contribution in [0, 0.1) is 46.3 Å². The lowest BCUT2D eigenvalue weighted by atomic mass is 9.74. The van der Waals surface area contributed by atoms with Gasteiger partial charge in [0.05, 0.1) is 14.2 Å². The Balaban J connectivity index is 1.40. The Labute approximate surface area is 166 Å². The average Bonchev–Trinajstić information content (AvgIpc) is 3.41. The molecule has 148 valence electrons. The Hall–Kier alpha value is -1.84. The van der Waals surface area contributed by atoms with Crippen molar-refractivity contribution in [3.05, 3.63) is 35.9 Å². The van der Waals surface area contributed by atoms with Gasteiger partial charge in [-0.05, 0) is 84.5 Å². The van der Waals surface area contributed by atoms with E-state index in [0.717, 1.165) is 23.7 Å². The largest absolute Gasteiger partial charge is 0.468 e. The van der Waals surface area contributed by atoms with E-state index in [9.17, 15) is 9.59 Å². The van der Waals surface area contributed by atoms with Gasteiger partial charge < -0.3 is 9.47 Å². The number of carbonyl (C=O) groups is 2. The van der Waals surface area contributed by atoms with Crippen LogP contribution in [-0.2, 0) is 19.1 Å². The summed E-state index contributed by atoms with van der Waals surface area (Å²) in [6.45, 7) is 0. The highest BCUT2D eigenvalue weighted by molar-refractivity contribution is 6.01. The van der Waals surface area contributed by atoms with Crippen molar-refractivity contribution in [1.29, 1.82) is 0 Å². The number of fused-ring (bicyclic) bond motifs is 6. The molecule has 0 heterocycles. The molecule has 5 saturated carbocycles. The highest BCUT2D eigenvalue weighted by atomic mass is 16.5. The maximum atomic E-state index is 12.8.